The first-order chi connectivity index (χ1) is 10.7. The van der Waals surface area contributed by atoms with E-state index < -0.39 is 0 Å². The number of nitrogens with zero attached hydrogens (tertiary/aromatic N) is 1. The highest BCUT2D eigenvalue weighted by Crippen LogP contribution is 2.31. The van der Waals surface area contributed by atoms with Crippen LogP contribution in [0.4, 0.5) is 0 Å². The molecule has 1 aliphatic rings. The number of hydrogen-bond acceptors (Lipinski definition) is 2. The van der Waals surface area contributed by atoms with Crippen LogP contribution in [-0.4, -0.2) is 31.6 Å². The Balaban J connectivity index is 1.87. The van der Waals surface area contributed by atoms with Gasteiger partial charge in [-0.15, -0.1) is 0 Å². The monoisotopic (exact) mass is 360 g/mol. The number of rotatable bonds is 4. The lowest BCUT2D eigenvalue weighted by Crippen LogP contribution is -2.22. The Morgan fingerprint density at radius 1 is 1.05 bits per heavy atom. The third-order valence-corrected chi connectivity index (χ3v) is 4.46. The zero-order valence-electron chi connectivity index (χ0n) is 12.8. The van der Waals surface area contributed by atoms with Gasteiger partial charge in [0.05, 0.1) is 14.2 Å². The van der Waals surface area contributed by atoms with Crippen LogP contribution in [0.5, 0.6) is 11.5 Å². The van der Waals surface area contributed by atoms with E-state index in [-0.39, 0.29) is 0 Å². The maximum atomic E-state index is 5.40. The number of benzene rings is 2. The van der Waals surface area contributed by atoms with E-state index in [0.717, 1.165) is 35.5 Å². The number of halogens is 1. The molecule has 0 saturated heterocycles. The zero-order valence-corrected chi connectivity index (χ0v) is 14.4. The van der Waals surface area contributed by atoms with Crippen molar-refractivity contribution in [1.82, 2.24) is 0 Å². The average molecular weight is 361 g/mol. The number of methoxy groups -OCH3 is 2. The van der Waals surface area contributed by atoms with E-state index in [4.69, 9.17) is 9.47 Å². The molecule has 0 N–H and O–H groups in total. The van der Waals surface area contributed by atoms with Crippen molar-refractivity contribution in [3.8, 4) is 11.5 Å². The molecule has 0 radical (unpaired) electrons. The number of fused-ring (bicyclic) bond motifs is 1. The fourth-order valence-corrected chi connectivity index (χ4v) is 3.01. The summed E-state index contributed by atoms with van der Waals surface area (Å²) in [5, 5.41) is 0. The maximum Gasteiger partial charge on any atom is 0.171 e. The highest BCUT2D eigenvalue weighted by atomic mass is 79.9. The van der Waals surface area contributed by atoms with Gasteiger partial charge in [0, 0.05) is 22.0 Å². The molecule has 0 unspecified atom stereocenters. The first-order valence-electron chi connectivity index (χ1n) is 7.28. The molecule has 4 heteroatoms. The van der Waals surface area contributed by atoms with Gasteiger partial charge in [-0.2, -0.15) is 0 Å². The van der Waals surface area contributed by atoms with Crippen molar-refractivity contribution in [1.29, 1.82) is 0 Å². The summed E-state index contributed by atoms with van der Waals surface area (Å²) in [7, 11) is 3.35. The van der Waals surface area contributed by atoms with Gasteiger partial charge in [-0.3, -0.25) is 0 Å². The molecule has 2 aromatic carbocycles. The second-order valence-corrected chi connectivity index (χ2v) is 6.30. The van der Waals surface area contributed by atoms with E-state index in [1.807, 2.05) is 0 Å². The molecule has 0 fully saturated rings. The lowest BCUT2D eigenvalue weighted by molar-refractivity contribution is -0.540. The molecule has 0 spiro atoms. The maximum absolute atomic E-state index is 5.40. The van der Waals surface area contributed by atoms with Gasteiger partial charge in [-0.1, -0.05) is 28.1 Å². The Morgan fingerprint density at radius 2 is 1.73 bits per heavy atom. The van der Waals surface area contributed by atoms with Gasteiger partial charge < -0.3 is 9.47 Å². The smallest absolute Gasteiger partial charge is 0.171 e. The number of hydrogen-bond donors (Lipinski definition) is 0. The molecule has 0 bridgehead atoms. The van der Waals surface area contributed by atoms with E-state index in [9.17, 15) is 0 Å². The molecule has 114 valence electrons. The van der Waals surface area contributed by atoms with Crippen molar-refractivity contribution in [2.45, 2.75) is 13.0 Å². The normalized spacial score (nSPS) is 13.3. The Kier molecular flexibility index (Phi) is 4.48. The van der Waals surface area contributed by atoms with Crippen molar-refractivity contribution in [3.05, 3.63) is 57.6 Å². The summed E-state index contributed by atoms with van der Waals surface area (Å²) in [6.45, 7) is 1.93. The minimum Gasteiger partial charge on any atom is -0.493 e. The molecular formula is C18H19BrNO2+. The standard InChI is InChI=1S/C18H19BrNO2/c1-21-17-9-14-7-8-20(12-15(14)10-18(17)22-2)11-13-3-5-16(19)6-4-13/h3-6,9-10,12H,7-8,11H2,1-2H3/q+1. The van der Waals surface area contributed by atoms with Crippen LogP contribution >= 0.6 is 15.9 Å². The van der Waals surface area contributed by atoms with Crippen LogP contribution in [0.15, 0.2) is 40.9 Å². The summed E-state index contributed by atoms with van der Waals surface area (Å²) >= 11 is 3.47. The first-order valence-corrected chi connectivity index (χ1v) is 8.07. The molecule has 3 rings (SSSR count). The first kappa shape index (κ1) is 15.1. The fourth-order valence-electron chi connectivity index (χ4n) is 2.75. The fraction of sp³-hybridized carbons (Fsp3) is 0.278. The van der Waals surface area contributed by atoms with Crippen LogP contribution in [0.1, 0.15) is 16.7 Å². The predicted molar refractivity (Wildman–Crippen MR) is 91.4 cm³/mol. The van der Waals surface area contributed by atoms with Crippen molar-refractivity contribution >= 4 is 22.1 Å². The van der Waals surface area contributed by atoms with Crippen LogP contribution in [0.3, 0.4) is 0 Å². The number of ether oxygens (including phenoxy) is 2. The highest BCUT2D eigenvalue weighted by Gasteiger charge is 2.19. The van der Waals surface area contributed by atoms with E-state index in [1.54, 1.807) is 14.2 Å². The van der Waals surface area contributed by atoms with E-state index in [2.05, 4.69) is 63.1 Å². The van der Waals surface area contributed by atoms with Gasteiger partial charge in [0.25, 0.3) is 0 Å². The highest BCUT2D eigenvalue weighted by molar-refractivity contribution is 9.10. The van der Waals surface area contributed by atoms with Crippen molar-refractivity contribution in [2.75, 3.05) is 20.8 Å². The van der Waals surface area contributed by atoms with E-state index in [1.165, 1.54) is 16.7 Å². The Labute approximate surface area is 139 Å². The summed E-state index contributed by atoms with van der Waals surface area (Å²) in [5.41, 5.74) is 3.83. The van der Waals surface area contributed by atoms with Crippen molar-refractivity contribution in [3.63, 3.8) is 0 Å². The van der Waals surface area contributed by atoms with Crippen LogP contribution in [0.2, 0.25) is 0 Å². The van der Waals surface area contributed by atoms with Gasteiger partial charge in [0.1, 0.15) is 6.54 Å². The van der Waals surface area contributed by atoms with Crippen molar-refractivity contribution < 1.29 is 14.0 Å². The molecule has 0 aromatic heterocycles. The zero-order chi connectivity index (χ0) is 15.5. The lowest BCUT2D eigenvalue weighted by Gasteiger charge is -2.16. The van der Waals surface area contributed by atoms with Crippen LogP contribution < -0.4 is 9.47 Å². The Bertz CT molecular complexity index is 708. The summed E-state index contributed by atoms with van der Waals surface area (Å²) in [5.74, 6) is 1.58. The third-order valence-electron chi connectivity index (χ3n) is 3.93. The second-order valence-electron chi connectivity index (χ2n) is 5.38. The Morgan fingerprint density at radius 3 is 2.41 bits per heavy atom. The summed E-state index contributed by atoms with van der Waals surface area (Å²) in [6.07, 6.45) is 3.23. The van der Waals surface area contributed by atoms with Gasteiger partial charge in [-0.05, 0) is 29.8 Å². The van der Waals surface area contributed by atoms with Crippen LogP contribution in [0, 0.1) is 0 Å². The summed E-state index contributed by atoms with van der Waals surface area (Å²) in [4.78, 5) is 0. The average Bonchev–Trinajstić information content (AvgIpc) is 2.55. The van der Waals surface area contributed by atoms with Gasteiger partial charge in [0.15, 0.2) is 24.3 Å². The molecule has 0 saturated carbocycles. The minimum absolute atomic E-state index is 0.781. The lowest BCUT2D eigenvalue weighted by atomic mass is 10.0. The molecule has 1 heterocycles. The quantitative estimate of drug-likeness (QED) is 0.776. The summed E-state index contributed by atoms with van der Waals surface area (Å²) in [6, 6.07) is 12.6. The predicted octanol–water partition coefficient (Wildman–Crippen LogP) is 3.65. The third kappa shape index (κ3) is 3.17. The van der Waals surface area contributed by atoms with Crippen LogP contribution in [-0.2, 0) is 13.0 Å². The summed E-state index contributed by atoms with van der Waals surface area (Å²) < 4.78 is 14.2. The van der Waals surface area contributed by atoms with E-state index >= 15 is 0 Å². The SMILES string of the molecule is COc1cc2c(cc1OC)CC[N+](Cc1ccc(Br)cc1)=C2. The second kappa shape index (κ2) is 6.53. The molecular weight excluding hydrogens is 342 g/mol. The largest absolute Gasteiger partial charge is 0.493 e. The molecule has 0 aliphatic carbocycles. The van der Waals surface area contributed by atoms with E-state index in [0.29, 0.717) is 0 Å². The molecule has 0 amide bonds. The van der Waals surface area contributed by atoms with Gasteiger partial charge in [0.2, 0.25) is 0 Å². The topological polar surface area (TPSA) is 21.5 Å². The van der Waals surface area contributed by atoms with Crippen molar-refractivity contribution in [2.24, 2.45) is 0 Å². The Hall–Kier alpha value is -1.81. The molecule has 3 nitrogen and oxygen atoms in total. The molecule has 22 heavy (non-hydrogen) atoms. The van der Waals surface area contributed by atoms with Crippen LogP contribution in [0.25, 0.3) is 0 Å². The van der Waals surface area contributed by atoms with Gasteiger partial charge >= 0.3 is 0 Å². The molecule has 2 aromatic rings. The molecule has 1 aliphatic heterocycles. The minimum atomic E-state index is 0.781. The van der Waals surface area contributed by atoms with Gasteiger partial charge in [-0.25, -0.2) is 4.58 Å². The molecule has 0 atom stereocenters.